The number of carbonyl (C=O) groups excluding carboxylic acids is 1. The second kappa shape index (κ2) is 5.05. The molecule has 1 amide bonds. The molecule has 104 valence electrons. The maximum atomic E-state index is 12.6. The van der Waals surface area contributed by atoms with Crippen LogP contribution >= 0.6 is 0 Å². The predicted molar refractivity (Wildman–Crippen MR) is 57.8 cm³/mol. The Kier molecular flexibility index (Phi) is 3.82. The zero-order valence-corrected chi connectivity index (χ0v) is 9.91. The lowest BCUT2D eigenvalue weighted by Crippen LogP contribution is -2.50. The average molecular weight is 266 g/mol. The number of nitrogens with zero attached hydrogens (tertiary/aromatic N) is 1. The quantitative estimate of drug-likeness (QED) is 0.727. The molecule has 2 heterocycles. The molecule has 0 radical (unpaired) electrons. The number of halogens is 3. The van der Waals surface area contributed by atoms with Crippen LogP contribution in [0.1, 0.15) is 19.3 Å². The number of β-amino-alcohol motifs (C(OH)–C–C–N with tert-alkyl or cyclic N) is 1. The van der Waals surface area contributed by atoms with E-state index in [0.717, 1.165) is 0 Å². The molecule has 0 bridgehead atoms. The Morgan fingerprint density at radius 1 is 1.39 bits per heavy atom. The third kappa shape index (κ3) is 2.95. The zero-order valence-electron chi connectivity index (χ0n) is 9.91. The predicted octanol–water partition coefficient (Wildman–Crippen LogP) is 0.510. The molecule has 2 aliphatic heterocycles. The van der Waals surface area contributed by atoms with Crippen molar-refractivity contribution in [3.05, 3.63) is 0 Å². The molecule has 0 spiro atoms. The van der Waals surface area contributed by atoms with E-state index < -0.39 is 24.2 Å². The van der Waals surface area contributed by atoms with Crippen molar-refractivity contribution in [3.8, 4) is 0 Å². The van der Waals surface area contributed by atoms with E-state index in [1.165, 1.54) is 4.90 Å². The van der Waals surface area contributed by atoms with Crippen molar-refractivity contribution in [2.75, 3.05) is 19.6 Å². The van der Waals surface area contributed by atoms with E-state index in [0.29, 0.717) is 19.5 Å². The largest absolute Gasteiger partial charge is 0.393 e. The summed E-state index contributed by atoms with van der Waals surface area (Å²) < 4.78 is 37.9. The number of hydrogen-bond donors (Lipinski definition) is 2. The van der Waals surface area contributed by atoms with E-state index in [4.69, 9.17) is 0 Å². The van der Waals surface area contributed by atoms with Crippen LogP contribution in [0.4, 0.5) is 13.2 Å². The lowest BCUT2D eigenvalue weighted by atomic mass is 9.97. The van der Waals surface area contributed by atoms with Crippen molar-refractivity contribution in [2.24, 2.45) is 5.92 Å². The van der Waals surface area contributed by atoms with Gasteiger partial charge in [-0.3, -0.25) is 4.79 Å². The monoisotopic (exact) mass is 266 g/mol. The van der Waals surface area contributed by atoms with Crippen molar-refractivity contribution in [1.29, 1.82) is 0 Å². The summed E-state index contributed by atoms with van der Waals surface area (Å²) in [6.45, 7) is 0.448. The molecule has 2 N–H and O–H groups in total. The first-order chi connectivity index (χ1) is 8.38. The van der Waals surface area contributed by atoms with Crippen molar-refractivity contribution in [1.82, 2.24) is 10.2 Å². The number of hydrogen-bond acceptors (Lipinski definition) is 3. The summed E-state index contributed by atoms with van der Waals surface area (Å²) in [6.07, 6.45) is -4.06. The Labute approximate surface area is 103 Å². The van der Waals surface area contributed by atoms with Gasteiger partial charge in [-0.2, -0.15) is 13.2 Å². The molecule has 0 aromatic carbocycles. The maximum absolute atomic E-state index is 12.6. The van der Waals surface area contributed by atoms with Crippen LogP contribution in [-0.2, 0) is 4.79 Å². The van der Waals surface area contributed by atoms with Crippen molar-refractivity contribution < 1.29 is 23.1 Å². The minimum Gasteiger partial charge on any atom is -0.392 e. The number of alkyl halides is 3. The fraction of sp³-hybridized carbons (Fsp3) is 0.909. The minimum atomic E-state index is -4.23. The second-order valence-corrected chi connectivity index (χ2v) is 5.02. The molecule has 0 aromatic rings. The number of nitrogens with one attached hydrogen (secondary N) is 1. The van der Waals surface area contributed by atoms with Crippen LogP contribution in [0.2, 0.25) is 0 Å². The lowest BCUT2D eigenvalue weighted by molar-refractivity contribution is -0.188. The summed E-state index contributed by atoms with van der Waals surface area (Å²) in [6, 6.07) is -0.535. The summed E-state index contributed by atoms with van der Waals surface area (Å²) in [5, 5.41) is 12.1. The van der Waals surface area contributed by atoms with Crippen LogP contribution in [0.3, 0.4) is 0 Å². The highest BCUT2D eigenvalue weighted by Gasteiger charge is 2.43. The molecule has 18 heavy (non-hydrogen) atoms. The Morgan fingerprint density at radius 2 is 2.11 bits per heavy atom. The molecule has 0 aromatic heterocycles. The average Bonchev–Trinajstić information content (AvgIpc) is 2.74. The third-order valence-corrected chi connectivity index (χ3v) is 3.60. The summed E-state index contributed by atoms with van der Waals surface area (Å²) in [5.74, 6) is -1.73. The number of aliphatic hydroxyl groups excluding tert-OH is 1. The molecule has 2 aliphatic rings. The highest BCUT2D eigenvalue weighted by atomic mass is 19.4. The van der Waals surface area contributed by atoms with Crippen LogP contribution in [0.25, 0.3) is 0 Å². The van der Waals surface area contributed by atoms with Gasteiger partial charge in [-0.15, -0.1) is 0 Å². The zero-order chi connectivity index (χ0) is 13.3. The fourth-order valence-corrected chi connectivity index (χ4v) is 2.57. The van der Waals surface area contributed by atoms with Crippen molar-refractivity contribution >= 4 is 5.91 Å². The van der Waals surface area contributed by atoms with E-state index in [2.05, 4.69) is 5.32 Å². The molecule has 3 atom stereocenters. The van der Waals surface area contributed by atoms with Gasteiger partial charge in [0.15, 0.2) is 0 Å². The Hall–Kier alpha value is -0.820. The van der Waals surface area contributed by atoms with Gasteiger partial charge in [-0.25, -0.2) is 0 Å². The molecule has 2 rings (SSSR count). The van der Waals surface area contributed by atoms with Gasteiger partial charge in [-0.1, -0.05) is 0 Å². The van der Waals surface area contributed by atoms with Gasteiger partial charge in [-0.05, 0) is 19.3 Å². The first kappa shape index (κ1) is 13.6. The van der Waals surface area contributed by atoms with Crippen LogP contribution in [-0.4, -0.2) is 53.9 Å². The topological polar surface area (TPSA) is 52.6 Å². The first-order valence-electron chi connectivity index (χ1n) is 6.15. The van der Waals surface area contributed by atoms with Crippen LogP contribution < -0.4 is 5.32 Å². The lowest BCUT2D eigenvalue weighted by Gasteiger charge is -2.35. The molecule has 0 aliphatic carbocycles. The summed E-state index contributed by atoms with van der Waals surface area (Å²) in [4.78, 5) is 13.3. The number of carbonyl (C=O) groups is 1. The molecular formula is C11H17F3N2O2. The molecule has 0 saturated carbocycles. The highest BCUT2D eigenvalue weighted by molar-refractivity contribution is 5.82. The van der Waals surface area contributed by atoms with E-state index in [-0.39, 0.29) is 25.3 Å². The maximum Gasteiger partial charge on any atom is 0.393 e. The number of piperidine rings is 1. The van der Waals surface area contributed by atoms with Gasteiger partial charge in [0.05, 0.1) is 18.1 Å². The summed E-state index contributed by atoms with van der Waals surface area (Å²) in [7, 11) is 0. The van der Waals surface area contributed by atoms with E-state index >= 15 is 0 Å². The van der Waals surface area contributed by atoms with Gasteiger partial charge < -0.3 is 15.3 Å². The summed E-state index contributed by atoms with van der Waals surface area (Å²) >= 11 is 0. The van der Waals surface area contributed by atoms with Crippen molar-refractivity contribution in [2.45, 2.75) is 37.6 Å². The number of rotatable bonds is 1. The SMILES string of the molecule is O=C([C@@H]1C[C@@H](O)CN1)N1CCC[C@@H](C(F)(F)F)C1. The van der Waals surface area contributed by atoms with Gasteiger partial charge in [0.25, 0.3) is 0 Å². The van der Waals surface area contributed by atoms with Gasteiger partial charge in [0.1, 0.15) is 0 Å². The molecule has 2 saturated heterocycles. The van der Waals surface area contributed by atoms with E-state index in [1.807, 2.05) is 0 Å². The molecule has 4 nitrogen and oxygen atoms in total. The van der Waals surface area contributed by atoms with Crippen LogP contribution in [0.5, 0.6) is 0 Å². The molecule has 7 heteroatoms. The highest BCUT2D eigenvalue weighted by Crippen LogP contribution is 2.33. The standard InChI is InChI=1S/C11H17F3N2O2/c12-11(13,14)7-2-1-3-16(6-7)10(18)9-4-8(17)5-15-9/h7-9,15,17H,1-6H2/t7-,8-,9+/m1/s1. The van der Waals surface area contributed by atoms with E-state index in [1.54, 1.807) is 0 Å². The first-order valence-corrected chi connectivity index (χ1v) is 6.15. The smallest absolute Gasteiger partial charge is 0.392 e. The number of amides is 1. The van der Waals surface area contributed by atoms with Gasteiger partial charge in [0.2, 0.25) is 5.91 Å². The van der Waals surface area contributed by atoms with E-state index in [9.17, 15) is 23.1 Å². The Balaban J connectivity index is 1.94. The van der Waals surface area contributed by atoms with Gasteiger partial charge in [0, 0.05) is 19.6 Å². The van der Waals surface area contributed by atoms with Gasteiger partial charge >= 0.3 is 6.18 Å². The second-order valence-electron chi connectivity index (χ2n) is 5.02. The molecule has 0 unspecified atom stereocenters. The third-order valence-electron chi connectivity index (χ3n) is 3.60. The van der Waals surface area contributed by atoms with Crippen LogP contribution in [0.15, 0.2) is 0 Å². The normalized spacial score (nSPS) is 33.8. The summed E-state index contributed by atoms with van der Waals surface area (Å²) in [5.41, 5.74) is 0. The Bertz CT molecular complexity index is 322. The minimum absolute atomic E-state index is 0.0913. The molecule has 2 fully saturated rings. The molecular weight excluding hydrogens is 249 g/mol. The Morgan fingerprint density at radius 3 is 2.67 bits per heavy atom. The van der Waals surface area contributed by atoms with Crippen molar-refractivity contribution in [3.63, 3.8) is 0 Å². The fourth-order valence-electron chi connectivity index (χ4n) is 2.57. The number of likely N-dealkylation sites (tertiary alicyclic amines) is 1. The van der Waals surface area contributed by atoms with Crippen LogP contribution in [0, 0.1) is 5.92 Å². The number of aliphatic hydroxyl groups is 1.